The fourth-order valence-electron chi connectivity index (χ4n) is 2.92. The summed E-state index contributed by atoms with van der Waals surface area (Å²) in [5.74, 6) is -0.886. The molecule has 1 atom stereocenters. The number of ketones is 1. The lowest BCUT2D eigenvalue weighted by Crippen LogP contribution is -2.31. The Hall–Kier alpha value is -2.89. The second-order valence-electron chi connectivity index (χ2n) is 5.90. The highest BCUT2D eigenvalue weighted by Crippen LogP contribution is 2.21. The number of aromatic amines is 1. The summed E-state index contributed by atoms with van der Waals surface area (Å²) in [7, 11) is 1.31. The third kappa shape index (κ3) is 4.15. The largest absolute Gasteiger partial charge is 0.469 e. The topological polar surface area (TPSA) is 88.3 Å². The molecule has 2 N–H and O–H groups in total. The van der Waals surface area contributed by atoms with Crippen molar-refractivity contribution in [2.24, 2.45) is 0 Å². The number of nitrogens with one attached hydrogen (secondary N) is 2. The zero-order valence-electron chi connectivity index (χ0n) is 14.8. The van der Waals surface area contributed by atoms with Crippen molar-refractivity contribution < 1.29 is 19.1 Å². The van der Waals surface area contributed by atoms with Crippen LogP contribution < -0.4 is 5.32 Å². The SMILES string of the molecule is COC(=O)CC(NC(=O)c1[nH]c(C)c(C(C)=O)c1C)c1ccccc1. The van der Waals surface area contributed by atoms with E-state index in [1.54, 1.807) is 13.8 Å². The van der Waals surface area contributed by atoms with Crippen LogP contribution in [0.2, 0.25) is 0 Å². The van der Waals surface area contributed by atoms with E-state index in [0.29, 0.717) is 22.5 Å². The van der Waals surface area contributed by atoms with Gasteiger partial charge in [-0.05, 0) is 31.9 Å². The summed E-state index contributed by atoms with van der Waals surface area (Å²) >= 11 is 0. The van der Waals surface area contributed by atoms with Crippen molar-refractivity contribution in [3.63, 3.8) is 0 Å². The first-order valence-electron chi connectivity index (χ1n) is 7.97. The van der Waals surface area contributed by atoms with E-state index in [1.165, 1.54) is 14.0 Å². The van der Waals surface area contributed by atoms with E-state index in [4.69, 9.17) is 4.74 Å². The molecule has 0 bridgehead atoms. The molecule has 1 aromatic heterocycles. The van der Waals surface area contributed by atoms with E-state index in [-0.39, 0.29) is 18.1 Å². The van der Waals surface area contributed by atoms with Gasteiger partial charge in [0.15, 0.2) is 5.78 Å². The van der Waals surface area contributed by atoms with Crippen molar-refractivity contribution in [2.45, 2.75) is 33.2 Å². The molecule has 0 fully saturated rings. The van der Waals surface area contributed by atoms with E-state index in [2.05, 4.69) is 10.3 Å². The van der Waals surface area contributed by atoms with E-state index < -0.39 is 12.0 Å². The van der Waals surface area contributed by atoms with Gasteiger partial charge in [0.1, 0.15) is 5.69 Å². The fourth-order valence-corrected chi connectivity index (χ4v) is 2.92. The Labute approximate surface area is 146 Å². The number of esters is 1. The molecule has 132 valence electrons. The van der Waals surface area contributed by atoms with Crippen LogP contribution in [0.1, 0.15) is 57.1 Å². The number of methoxy groups -OCH3 is 1. The number of H-pyrrole nitrogens is 1. The molecule has 0 aliphatic carbocycles. The van der Waals surface area contributed by atoms with Crippen molar-refractivity contribution in [1.82, 2.24) is 10.3 Å². The third-order valence-electron chi connectivity index (χ3n) is 4.12. The molecule has 25 heavy (non-hydrogen) atoms. The van der Waals surface area contributed by atoms with Crippen molar-refractivity contribution in [2.75, 3.05) is 7.11 Å². The summed E-state index contributed by atoms with van der Waals surface area (Å²) in [5.41, 5.74) is 2.91. The number of aromatic nitrogens is 1. The van der Waals surface area contributed by atoms with Crippen LogP contribution in [0, 0.1) is 13.8 Å². The van der Waals surface area contributed by atoms with Crippen LogP contribution in [0.4, 0.5) is 0 Å². The second kappa shape index (κ2) is 7.79. The van der Waals surface area contributed by atoms with Crippen LogP contribution in [-0.2, 0) is 9.53 Å². The maximum Gasteiger partial charge on any atom is 0.307 e. The zero-order chi connectivity index (χ0) is 18.6. The molecule has 0 spiro atoms. The lowest BCUT2D eigenvalue weighted by molar-refractivity contribution is -0.141. The van der Waals surface area contributed by atoms with Gasteiger partial charge in [-0.15, -0.1) is 0 Å². The van der Waals surface area contributed by atoms with Crippen LogP contribution in [0.5, 0.6) is 0 Å². The summed E-state index contributed by atoms with van der Waals surface area (Å²) in [6.07, 6.45) is 0.0184. The number of rotatable bonds is 6. The maximum atomic E-state index is 12.7. The molecule has 2 rings (SSSR count). The molecule has 6 heteroatoms. The highest BCUT2D eigenvalue weighted by molar-refractivity contribution is 6.02. The maximum absolute atomic E-state index is 12.7. The van der Waals surface area contributed by atoms with Crippen molar-refractivity contribution in [3.8, 4) is 0 Å². The quantitative estimate of drug-likeness (QED) is 0.624. The summed E-state index contributed by atoms with van der Waals surface area (Å²) in [6, 6.07) is 8.68. The highest BCUT2D eigenvalue weighted by Gasteiger charge is 2.24. The summed E-state index contributed by atoms with van der Waals surface area (Å²) in [4.78, 5) is 39.1. The smallest absolute Gasteiger partial charge is 0.307 e. The number of benzene rings is 1. The molecule has 6 nitrogen and oxygen atoms in total. The summed E-state index contributed by atoms with van der Waals surface area (Å²) < 4.78 is 4.73. The molecule has 2 aromatic rings. The Bertz CT molecular complexity index is 793. The minimum atomic E-state index is -0.523. The van der Waals surface area contributed by atoms with Crippen LogP contribution >= 0.6 is 0 Å². The van der Waals surface area contributed by atoms with Crippen LogP contribution in [0.25, 0.3) is 0 Å². The minimum Gasteiger partial charge on any atom is -0.469 e. The first kappa shape index (κ1) is 18.4. The van der Waals surface area contributed by atoms with Crippen molar-refractivity contribution in [3.05, 3.63) is 58.4 Å². The van der Waals surface area contributed by atoms with Crippen LogP contribution in [0.3, 0.4) is 0 Å². The van der Waals surface area contributed by atoms with Gasteiger partial charge in [0, 0.05) is 11.3 Å². The summed E-state index contributed by atoms with van der Waals surface area (Å²) in [5, 5.41) is 2.85. The highest BCUT2D eigenvalue weighted by atomic mass is 16.5. The van der Waals surface area contributed by atoms with Gasteiger partial charge in [0.2, 0.25) is 0 Å². The molecule has 1 heterocycles. The van der Waals surface area contributed by atoms with Crippen LogP contribution in [-0.4, -0.2) is 29.8 Å². The third-order valence-corrected chi connectivity index (χ3v) is 4.12. The van der Waals surface area contributed by atoms with Gasteiger partial charge in [-0.25, -0.2) is 0 Å². The fraction of sp³-hybridized carbons (Fsp3) is 0.316. The van der Waals surface area contributed by atoms with Crippen LogP contribution in [0.15, 0.2) is 30.3 Å². The normalized spacial score (nSPS) is 11.7. The Morgan fingerprint density at radius 3 is 2.32 bits per heavy atom. The molecule has 0 saturated heterocycles. The van der Waals surface area contributed by atoms with Crippen molar-refractivity contribution >= 4 is 17.7 Å². The predicted molar refractivity (Wildman–Crippen MR) is 93.6 cm³/mol. The second-order valence-corrected chi connectivity index (χ2v) is 5.90. The molecule has 1 unspecified atom stereocenters. The molecule has 0 aliphatic heterocycles. The van der Waals surface area contributed by atoms with E-state index in [0.717, 1.165) is 5.56 Å². The number of ether oxygens (including phenoxy) is 1. The number of aryl methyl sites for hydroxylation is 1. The molecular formula is C19H22N2O4. The molecular weight excluding hydrogens is 320 g/mol. The number of Topliss-reactive ketones (excluding diaryl/α,β-unsaturated/α-hetero) is 1. The molecule has 0 radical (unpaired) electrons. The lowest BCUT2D eigenvalue weighted by atomic mass is 10.0. The number of hydrogen-bond acceptors (Lipinski definition) is 4. The minimum absolute atomic E-state index is 0.0184. The van der Waals surface area contributed by atoms with Crippen molar-refractivity contribution in [1.29, 1.82) is 0 Å². The lowest BCUT2D eigenvalue weighted by Gasteiger charge is -2.18. The predicted octanol–water partition coefficient (Wildman–Crippen LogP) is 2.87. The van der Waals surface area contributed by atoms with Gasteiger partial charge in [0.25, 0.3) is 5.91 Å². The molecule has 1 amide bonds. The van der Waals surface area contributed by atoms with E-state index in [1.807, 2.05) is 30.3 Å². The Morgan fingerprint density at radius 1 is 1.16 bits per heavy atom. The average Bonchev–Trinajstić information content (AvgIpc) is 2.89. The molecule has 1 aromatic carbocycles. The van der Waals surface area contributed by atoms with Gasteiger partial charge >= 0.3 is 5.97 Å². The average molecular weight is 342 g/mol. The Balaban J connectivity index is 2.30. The number of hydrogen-bond donors (Lipinski definition) is 2. The first-order valence-corrected chi connectivity index (χ1v) is 7.97. The standard InChI is InChI=1S/C19H22N2O4/c1-11-17(13(3)22)12(2)20-18(11)19(24)21-15(10-16(23)25-4)14-8-6-5-7-9-14/h5-9,15,20H,10H2,1-4H3,(H,21,24). The first-order chi connectivity index (χ1) is 11.8. The summed E-state index contributed by atoms with van der Waals surface area (Å²) in [6.45, 7) is 4.95. The Morgan fingerprint density at radius 2 is 1.80 bits per heavy atom. The Kier molecular flexibility index (Phi) is 5.75. The monoisotopic (exact) mass is 342 g/mol. The van der Waals surface area contributed by atoms with Gasteiger partial charge in [-0.1, -0.05) is 30.3 Å². The number of carbonyl (C=O) groups excluding carboxylic acids is 3. The van der Waals surface area contributed by atoms with Gasteiger partial charge in [-0.2, -0.15) is 0 Å². The van der Waals surface area contributed by atoms with E-state index >= 15 is 0 Å². The van der Waals surface area contributed by atoms with Gasteiger partial charge in [0.05, 0.1) is 19.6 Å². The molecule has 0 aliphatic rings. The zero-order valence-corrected chi connectivity index (χ0v) is 14.8. The number of amides is 1. The van der Waals surface area contributed by atoms with E-state index in [9.17, 15) is 14.4 Å². The molecule has 0 saturated carbocycles. The van der Waals surface area contributed by atoms with Gasteiger partial charge in [-0.3, -0.25) is 14.4 Å². The number of carbonyl (C=O) groups is 3. The van der Waals surface area contributed by atoms with Gasteiger partial charge < -0.3 is 15.0 Å².